The Hall–Kier alpha value is -1.95. The van der Waals surface area contributed by atoms with E-state index < -0.39 is 5.97 Å². The number of carboxylic acid groups (broad SMARTS) is 1. The quantitative estimate of drug-likeness (QED) is 0.881. The standard InChI is InChI=1S/C13H12BrNO4/c1-18-12-3-2-9(14)5-11(12)15-6-10-4-8(7-19-10)13(16)17/h2-5,7,15H,6H2,1H3,(H,16,17). The third kappa shape index (κ3) is 3.29. The van der Waals surface area contributed by atoms with Crippen LogP contribution in [0.25, 0.3) is 0 Å². The smallest absolute Gasteiger partial charge is 0.338 e. The Morgan fingerprint density at radius 1 is 1.47 bits per heavy atom. The molecule has 0 aliphatic rings. The van der Waals surface area contributed by atoms with Gasteiger partial charge in [0.1, 0.15) is 17.8 Å². The van der Waals surface area contributed by atoms with Crippen LogP contribution in [-0.4, -0.2) is 18.2 Å². The van der Waals surface area contributed by atoms with Crippen molar-refractivity contribution in [2.24, 2.45) is 0 Å². The van der Waals surface area contributed by atoms with Gasteiger partial charge >= 0.3 is 5.97 Å². The molecule has 0 saturated heterocycles. The Labute approximate surface area is 118 Å². The molecule has 19 heavy (non-hydrogen) atoms. The molecule has 0 fully saturated rings. The van der Waals surface area contributed by atoms with E-state index >= 15 is 0 Å². The van der Waals surface area contributed by atoms with Crippen molar-refractivity contribution in [2.45, 2.75) is 6.54 Å². The van der Waals surface area contributed by atoms with E-state index in [2.05, 4.69) is 21.2 Å². The first kappa shape index (κ1) is 13.5. The number of halogens is 1. The van der Waals surface area contributed by atoms with Crippen LogP contribution in [0, 0.1) is 0 Å². The molecular formula is C13H12BrNO4. The first-order chi connectivity index (χ1) is 9.10. The molecule has 0 aliphatic heterocycles. The van der Waals surface area contributed by atoms with E-state index in [1.165, 1.54) is 12.3 Å². The lowest BCUT2D eigenvalue weighted by Crippen LogP contribution is -2.00. The number of furan rings is 1. The molecule has 2 rings (SSSR count). The zero-order chi connectivity index (χ0) is 13.8. The second kappa shape index (κ2) is 5.79. The summed E-state index contributed by atoms with van der Waals surface area (Å²) in [4.78, 5) is 10.7. The van der Waals surface area contributed by atoms with Gasteiger partial charge in [0.2, 0.25) is 0 Å². The van der Waals surface area contributed by atoms with Crippen molar-refractivity contribution < 1.29 is 19.1 Å². The molecule has 0 radical (unpaired) electrons. The Balaban J connectivity index is 2.09. The fourth-order valence-corrected chi connectivity index (χ4v) is 1.95. The highest BCUT2D eigenvalue weighted by Crippen LogP contribution is 2.28. The van der Waals surface area contributed by atoms with Crippen molar-refractivity contribution >= 4 is 27.6 Å². The molecule has 0 bridgehead atoms. The highest BCUT2D eigenvalue weighted by Gasteiger charge is 2.09. The van der Waals surface area contributed by atoms with Gasteiger partial charge < -0.3 is 19.6 Å². The van der Waals surface area contributed by atoms with Crippen LogP contribution in [-0.2, 0) is 6.54 Å². The van der Waals surface area contributed by atoms with Gasteiger partial charge in [0.05, 0.1) is 24.9 Å². The van der Waals surface area contributed by atoms with Crippen molar-refractivity contribution in [3.05, 3.63) is 46.3 Å². The van der Waals surface area contributed by atoms with Crippen LogP contribution in [0.15, 0.2) is 39.4 Å². The molecule has 0 atom stereocenters. The number of nitrogens with one attached hydrogen (secondary N) is 1. The molecule has 5 nitrogen and oxygen atoms in total. The first-order valence-electron chi connectivity index (χ1n) is 5.48. The van der Waals surface area contributed by atoms with Gasteiger partial charge in [-0.05, 0) is 24.3 Å². The summed E-state index contributed by atoms with van der Waals surface area (Å²) >= 11 is 3.38. The third-order valence-corrected chi connectivity index (χ3v) is 3.01. The number of rotatable bonds is 5. The van der Waals surface area contributed by atoms with Crippen molar-refractivity contribution in [1.82, 2.24) is 0 Å². The Morgan fingerprint density at radius 3 is 2.89 bits per heavy atom. The van der Waals surface area contributed by atoms with Crippen LogP contribution in [0.1, 0.15) is 16.1 Å². The van der Waals surface area contributed by atoms with Gasteiger partial charge in [-0.1, -0.05) is 15.9 Å². The van der Waals surface area contributed by atoms with E-state index in [4.69, 9.17) is 14.3 Å². The Kier molecular flexibility index (Phi) is 4.11. The molecule has 1 aromatic heterocycles. The number of ether oxygens (including phenoxy) is 1. The minimum Gasteiger partial charge on any atom is -0.495 e. The average molecular weight is 326 g/mol. The van der Waals surface area contributed by atoms with Crippen LogP contribution >= 0.6 is 15.9 Å². The van der Waals surface area contributed by atoms with Crippen molar-refractivity contribution in [1.29, 1.82) is 0 Å². The molecule has 0 unspecified atom stereocenters. The summed E-state index contributed by atoms with van der Waals surface area (Å²) < 4.78 is 11.3. The zero-order valence-corrected chi connectivity index (χ0v) is 11.7. The number of carbonyl (C=O) groups is 1. The number of aromatic carboxylic acids is 1. The number of anilines is 1. The number of carboxylic acids is 1. The third-order valence-electron chi connectivity index (χ3n) is 2.52. The molecule has 1 heterocycles. The van der Waals surface area contributed by atoms with Gasteiger partial charge in [0.25, 0.3) is 0 Å². The molecular weight excluding hydrogens is 314 g/mol. The predicted molar refractivity (Wildman–Crippen MR) is 73.7 cm³/mol. The van der Waals surface area contributed by atoms with E-state index in [1.54, 1.807) is 7.11 Å². The van der Waals surface area contributed by atoms with Crippen LogP contribution in [0.5, 0.6) is 5.75 Å². The summed E-state index contributed by atoms with van der Waals surface area (Å²) in [6.45, 7) is 0.375. The lowest BCUT2D eigenvalue weighted by Gasteiger charge is -2.10. The van der Waals surface area contributed by atoms with E-state index in [-0.39, 0.29) is 5.56 Å². The molecule has 0 spiro atoms. The number of methoxy groups -OCH3 is 1. The molecule has 6 heteroatoms. The van der Waals surface area contributed by atoms with Gasteiger partial charge in [-0.25, -0.2) is 4.79 Å². The van der Waals surface area contributed by atoms with Crippen molar-refractivity contribution in [3.8, 4) is 5.75 Å². The summed E-state index contributed by atoms with van der Waals surface area (Å²) in [6.07, 6.45) is 1.22. The molecule has 0 aliphatic carbocycles. The maximum Gasteiger partial charge on any atom is 0.338 e. The molecule has 0 amide bonds. The Bertz CT molecular complexity index is 594. The summed E-state index contributed by atoms with van der Waals surface area (Å²) in [6, 6.07) is 7.07. The summed E-state index contributed by atoms with van der Waals surface area (Å²) in [5.74, 6) is 0.239. The minimum atomic E-state index is -1.00. The van der Waals surface area contributed by atoms with E-state index in [9.17, 15) is 4.79 Å². The second-order valence-corrected chi connectivity index (χ2v) is 4.72. The molecule has 100 valence electrons. The maximum absolute atomic E-state index is 10.7. The summed E-state index contributed by atoms with van der Waals surface area (Å²) in [5.41, 5.74) is 0.933. The minimum absolute atomic E-state index is 0.137. The van der Waals surface area contributed by atoms with Crippen LogP contribution < -0.4 is 10.1 Å². The van der Waals surface area contributed by atoms with Crippen LogP contribution in [0.2, 0.25) is 0 Å². The molecule has 1 aromatic carbocycles. The Morgan fingerprint density at radius 2 is 2.26 bits per heavy atom. The van der Waals surface area contributed by atoms with Crippen molar-refractivity contribution in [3.63, 3.8) is 0 Å². The maximum atomic E-state index is 10.7. The summed E-state index contributed by atoms with van der Waals surface area (Å²) in [7, 11) is 1.59. The number of hydrogen-bond acceptors (Lipinski definition) is 4. The largest absolute Gasteiger partial charge is 0.495 e. The molecule has 2 aromatic rings. The van der Waals surface area contributed by atoms with Gasteiger partial charge in [-0.15, -0.1) is 0 Å². The second-order valence-electron chi connectivity index (χ2n) is 3.81. The van der Waals surface area contributed by atoms with Gasteiger partial charge in [0, 0.05) is 4.47 Å². The lowest BCUT2D eigenvalue weighted by atomic mass is 10.2. The van der Waals surface area contributed by atoms with Gasteiger partial charge in [-0.2, -0.15) is 0 Å². The van der Waals surface area contributed by atoms with E-state index in [0.29, 0.717) is 18.1 Å². The average Bonchev–Trinajstić information content (AvgIpc) is 2.85. The fraction of sp³-hybridized carbons (Fsp3) is 0.154. The zero-order valence-electron chi connectivity index (χ0n) is 10.1. The number of benzene rings is 1. The summed E-state index contributed by atoms with van der Waals surface area (Å²) in [5, 5.41) is 11.9. The normalized spacial score (nSPS) is 10.2. The molecule has 2 N–H and O–H groups in total. The SMILES string of the molecule is COc1ccc(Br)cc1NCc1cc(C(=O)O)co1. The van der Waals surface area contributed by atoms with Crippen LogP contribution in [0.3, 0.4) is 0 Å². The topological polar surface area (TPSA) is 71.7 Å². The fourth-order valence-electron chi connectivity index (χ4n) is 1.59. The highest BCUT2D eigenvalue weighted by molar-refractivity contribution is 9.10. The lowest BCUT2D eigenvalue weighted by molar-refractivity contribution is 0.0696. The van der Waals surface area contributed by atoms with Crippen molar-refractivity contribution in [2.75, 3.05) is 12.4 Å². The first-order valence-corrected chi connectivity index (χ1v) is 6.27. The van der Waals surface area contributed by atoms with E-state index in [1.807, 2.05) is 18.2 Å². The van der Waals surface area contributed by atoms with Crippen LogP contribution in [0.4, 0.5) is 5.69 Å². The molecule has 0 saturated carbocycles. The highest BCUT2D eigenvalue weighted by atomic mass is 79.9. The number of hydrogen-bond donors (Lipinski definition) is 2. The predicted octanol–water partition coefficient (Wildman–Crippen LogP) is 3.36. The van der Waals surface area contributed by atoms with Gasteiger partial charge in [-0.3, -0.25) is 0 Å². The monoisotopic (exact) mass is 325 g/mol. The van der Waals surface area contributed by atoms with Gasteiger partial charge in [0.15, 0.2) is 0 Å². The van der Waals surface area contributed by atoms with E-state index in [0.717, 1.165) is 10.2 Å².